The second-order valence-corrected chi connectivity index (χ2v) is 6.39. The molecule has 0 aliphatic carbocycles. The number of likely N-dealkylation sites (tertiary alicyclic amines) is 1. The Bertz CT molecular complexity index is 731. The van der Waals surface area contributed by atoms with Gasteiger partial charge in [0, 0.05) is 25.8 Å². The predicted molar refractivity (Wildman–Crippen MR) is 93.1 cm³/mol. The minimum Gasteiger partial charge on any atom is -0.391 e. The Labute approximate surface area is 146 Å². The van der Waals surface area contributed by atoms with E-state index in [-0.39, 0.29) is 5.91 Å². The Morgan fingerprint density at radius 2 is 2.25 bits per heavy atom. The number of imidazole rings is 1. The lowest BCUT2D eigenvalue weighted by Crippen LogP contribution is -2.42. The number of anilines is 1. The SMILES string of the molecule is Cn1c(Cl)cnc1CNc1ccccc1C(=O)N1CCCC(O)C1. The summed E-state index contributed by atoms with van der Waals surface area (Å²) in [6.45, 7) is 1.54. The van der Waals surface area contributed by atoms with Gasteiger partial charge in [0.05, 0.1) is 24.4 Å². The van der Waals surface area contributed by atoms with Crippen molar-refractivity contribution >= 4 is 23.2 Å². The van der Waals surface area contributed by atoms with Gasteiger partial charge < -0.3 is 19.9 Å². The molecule has 1 aromatic heterocycles. The number of amides is 1. The molecule has 128 valence electrons. The van der Waals surface area contributed by atoms with Crippen LogP contribution in [0.25, 0.3) is 0 Å². The second-order valence-electron chi connectivity index (χ2n) is 6.00. The van der Waals surface area contributed by atoms with Crippen LogP contribution in [0.15, 0.2) is 30.5 Å². The van der Waals surface area contributed by atoms with Crippen molar-refractivity contribution in [3.8, 4) is 0 Å². The summed E-state index contributed by atoms with van der Waals surface area (Å²) in [5.41, 5.74) is 1.36. The van der Waals surface area contributed by atoms with E-state index in [9.17, 15) is 9.90 Å². The molecule has 1 fully saturated rings. The van der Waals surface area contributed by atoms with Gasteiger partial charge in [-0.1, -0.05) is 23.7 Å². The summed E-state index contributed by atoms with van der Waals surface area (Å²) in [7, 11) is 1.85. The first-order valence-electron chi connectivity index (χ1n) is 8.02. The summed E-state index contributed by atoms with van der Waals surface area (Å²) in [6.07, 6.45) is 2.75. The van der Waals surface area contributed by atoms with Crippen molar-refractivity contribution in [3.05, 3.63) is 47.0 Å². The molecule has 0 radical (unpaired) electrons. The van der Waals surface area contributed by atoms with Gasteiger partial charge in [0.25, 0.3) is 5.91 Å². The number of aliphatic hydroxyl groups is 1. The molecular weight excluding hydrogens is 328 g/mol. The van der Waals surface area contributed by atoms with Crippen molar-refractivity contribution in [2.24, 2.45) is 7.05 Å². The fraction of sp³-hybridized carbons (Fsp3) is 0.412. The van der Waals surface area contributed by atoms with Crippen LogP contribution in [0, 0.1) is 0 Å². The minimum atomic E-state index is -0.433. The number of aromatic nitrogens is 2. The second kappa shape index (κ2) is 7.23. The number of hydrogen-bond acceptors (Lipinski definition) is 4. The lowest BCUT2D eigenvalue weighted by atomic mass is 10.1. The van der Waals surface area contributed by atoms with Crippen LogP contribution in [0.2, 0.25) is 5.15 Å². The molecule has 0 saturated carbocycles. The van der Waals surface area contributed by atoms with E-state index < -0.39 is 6.10 Å². The minimum absolute atomic E-state index is 0.0604. The summed E-state index contributed by atoms with van der Waals surface area (Å²) in [5.74, 6) is 0.727. The molecule has 2 heterocycles. The molecule has 2 aromatic rings. The first kappa shape index (κ1) is 16.8. The van der Waals surface area contributed by atoms with E-state index in [0.29, 0.717) is 30.4 Å². The zero-order valence-corrected chi connectivity index (χ0v) is 14.3. The largest absolute Gasteiger partial charge is 0.391 e. The number of aliphatic hydroxyl groups excluding tert-OH is 1. The molecule has 2 N–H and O–H groups in total. The summed E-state index contributed by atoms with van der Waals surface area (Å²) >= 11 is 6.00. The van der Waals surface area contributed by atoms with Crippen molar-refractivity contribution in [2.45, 2.75) is 25.5 Å². The maximum absolute atomic E-state index is 12.8. The first-order chi connectivity index (χ1) is 11.6. The molecule has 1 aliphatic rings. The van der Waals surface area contributed by atoms with Crippen LogP contribution in [-0.4, -0.2) is 44.7 Å². The molecule has 1 unspecified atom stereocenters. The Morgan fingerprint density at radius 1 is 1.46 bits per heavy atom. The van der Waals surface area contributed by atoms with E-state index >= 15 is 0 Å². The van der Waals surface area contributed by atoms with Crippen molar-refractivity contribution in [2.75, 3.05) is 18.4 Å². The Hall–Kier alpha value is -2.05. The monoisotopic (exact) mass is 348 g/mol. The number of benzene rings is 1. The normalized spacial score (nSPS) is 17.8. The molecule has 1 atom stereocenters. The van der Waals surface area contributed by atoms with Crippen molar-refractivity contribution in [1.82, 2.24) is 14.5 Å². The van der Waals surface area contributed by atoms with Gasteiger partial charge in [0.1, 0.15) is 11.0 Å². The highest BCUT2D eigenvalue weighted by Gasteiger charge is 2.24. The highest BCUT2D eigenvalue weighted by Crippen LogP contribution is 2.21. The molecule has 1 aliphatic heterocycles. The Morgan fingerprint density at radius 3 is 2.96 bits per heavy atom. The third-order valence-corrected chi connectivity index (χ3v) is 4.66. The number of rotatable bonds is 4. The number of carbonyl (C=O) groups is 1. The van der Waals surface area contributed by atoms with Gasteiger partial charge in [-0.25, -0.2) is 4.98 Å². The molecule has 0 bridgehead atoms. The highest BCUT2D eigenvalue weighted by atomic mass is 35.5. The van der Waals surface area contributed by atoms with Crippen LogP contribution in [0.3, 0.4) is 0 Å². The molecule has 1 amide bonds. The van der Waals surface area contributed by atoms with E-state index in [1.807, 2.05) is 25.2 Å². The van der Waals surface area contributed by atoms with Crippen LogP contribution in [0.4, 0.5) is 5.69 Å². The molecule has 3 rings (SSSR count). The number of halogens is 1. The van der Waals surface area contributed by atoms with Crippen LogP contribution >= 0.6 is 11.6 Å². The van der Waals surface area contributed by atoms with Gasteiger partial charge in [-0.3, -0.25) is 4.79 Å². The van der Waals surface area contributed by atoms with Crippen LogP contribution < -0.4 is 5.32 Å². The molecule has 0 spiro atoms. The lowest BCUT2D eigenvalue weighted by Gasteiger charge is -2.30. The summed E-state index contributed by atoms with van der Waals surface area (Å²) < 4.78 is 1.79. The molecule has 1 aromatic carbocycles. The number of carbonyl (C=O) groups excluding carboxylic acids is 1. The Kier molecular flexibility index (Phi) is 5.06. The number of nitrogens with zero attached hydrogens (tertiary/aromatic N) is 3. The fourth-order valence-electron chi connectivity index (χ4n) is 2.90. The fourth-order valence-corrected chi connectivity index (χ4v) is 3.04. The summed E-state index contributed by atoms with van der Waals surface area (Å²) in [5, 5.41) is 13.6. The predicted octanol–water partition coefficient (Wildman–Crippen LogP) is 2.28. The third-order valence-electron chi connectivity index (χ3n) is 4.31. The van der Waals surface area contributed by atoms with E-state index in [2.05, 4.69) is 10.3 Å². The number of nitrogens with one attached hydrogen (secondary N) is 1. The number of hydrogen-bond donors (Lipinski definition) is 2. The number of piperidine rings is 1. The van der Waals surface area contributed by atoms with Crippen molar-refractivity contribution in [1.29, 1.82) is 0 Å². The number of β-amino-alcohol motifs (C(OH)–C–C–N with tert-alkyl or cyclic N) is 1. The Balaban J connectivity index is 1.75. The average molecular weight is 349 g/mol. The zero-order valence-electron chi connectivity index (χ0n) is 13.6. The van der Waals surface area contributed by atoms with Crippen molar-refractivity contribution in [3.63, 3.8) is 0 Å². The third kappa shape index (κ3) is 3.55. The van der Waals surface area contributed by atoms with Gasteiger partial charge in [0.2, 0.25) is 0 Å². The van der Waals surface area contributed by atoms with Gasteiger partial charge in [0.15, 0.2) is 0 Å². The van der Waals surface area contributed by atoms with E-state index in [0.717, 1.165) is 24.4 Å². The van der Waals surface area contributed by atoms with E-state index in [1.54, 1.807) is 21.7 Å². The van der Waals surface area contributed by atoms with Crippen LogP contribution in [-0.2, 0) is 13.6 Å². The maximum atomic E-state index is 12.8. The van der Waals surface area contributed by atoms with E-state index in [4.69, 9.17) is 11.6 Å². The van der Waals surface area contributed by atoms with Gasteiger partial charge >= 0.3 is 0 Å². The van der Waals surface area contributed by atoms with Gasteiger partial charge in [-0.2, -0.15) is 0 Å². The van der Waals surface area contributed by atoms with Gasteiger partial charge in [-0.05, 0) is 25.0 Å². The first-order valence-corrected chi connectivity index (χ1v) is 8.40. The van der Waals surface area contributed by atoms with E-state index in [1.165, 1.54) is 0 Å². The molecule has 24 heavy (non-hydrogen) atoms. The molecule has 1 saturated heterocycles. The highest BCUT2D eigenvalue weighted by molar-refractivity contribution is 6.29. The smallest absolute Gasteiger partial charge is 0.256 e. The van der Waals surface area contributed by atoms with Crippen LogP contribution in [0.5, 0.6) is 0 Å². The summed E-state index contributed by atoms with van der Waals surface area (Å²) in [4.78, 5) is 18.7. The maximum Gasteiger partial charge on any atom is 0.256 e. The average Bonchev–Trinajstić information content (AvgIpc) is 2.91. The number of para-hydroxylation sites is 1. The molecule has 6 nitrogen and oxygen atoms in total. The lowest BCUT2D eigenvalue weighted by molar-refractivity contribution is 0.0474. The molecule has 7 heteroatoms. The van der Waals surface area contributed by atoms with Crippen LogP contribution in [0.1, 0.15) is 29.0 Å². The zero-order chi connectivity index (χ0) is 17.1. The topological polar surface area (TPSA) is 70.4 Å². The van der Waals surface area contributed by atoms with Gasteiger partial charge in [-0.15, -0.1) is 0 Å². The quantitative estimate of drug-likeness (QED) is 0.889. The summed E-state index contributed by atoms with van der Waals surface area (Å²) in [6, 6.07) is 7.40. The standard InChI is InChI=1S/C17H21ClN4O2/c1-21-15(18)9-20-16(21)10-19-14-7-3-2-6-13(14)17(24)22-8-4-5-12(23)11-22/h2-3,6-7,9,12,19,23H,4-5,8,10-11H2,1H3. The van der Waals surface area contributed by atoms with Crippen molar-refractivity contribution < 1.29 is 9.90 Å². The molecular formula is C17H21ClN4O2.